The third-order valence-electron chi connectivity index (χ3n) is 4.71. The van der Waals surface area contributed by atoms with Gasteiger partial charge in [-0.3, -0.25) is 4.99 Å². The summed E-state index contributed by atoms with van der Waals surface area (Å²) in [7, 11) is 3.55. The molecule has 2 fully saturated rings. The maximum atomic E-state index is 5.90. The van der Waals surface area contributed by atoms with Gasteiger partial charge in [0.2, 0.25) is 0 Å². The van der Waals surface area contributed by atoms with E-state index in [2.05, 4.69) is 15.2 Å². The fraction of sp³-hybridized carbons (Fsp3) is 0.944. The molecule has 1 atom stereocenters. The van der Waals surface area contributed by atoms with Crippen LogP contribution in [0.3, 0.4) is 0 Å². The number of hydrogen-bond acceptors (Lipinski definition) is 5. The number of hydrogen-bond donors (Lipinski definition) is 1. The minimum Gasteiger partial charge on any atom is -0.382 e. The van der Waals surface area contributed by atoms with Crippen molar-refractivity contribution >= 4 is 29.9 Å². The lowest BCUT2D eigenvalue weighted by molar-refractivity contribution is -0.0320. The fourth-order valence-electron chi connectivity index (χ4n) is 3.25. The van der Waals surface area contributed by atoms with E-state index < -0.39 is 0 Å². The van der Waals surface area contributed by atoms with Crippen molar-refractivity contribution in [1.29, 1.82) is 0 Å². The van der Waals surface area contributed by atoms with Crippen LogP contribution in [0, 0.1) is 5.92 Å². The summed E-state index contributed by atoms with van der Waals surface area (Å²) in [4.78, 5) is 6.74. The Hall–Kier alpha value is -0.160. The van der Waals surface area contributed by atoms with Gasteiger partial charge in [0.15, 0.2) is 5.96 Å². The van der Waals surface area contributed by atoms with Gasteiger partial charge in [-0.25, -0.2) is 0 Å². The van der Waals surface area contributed by atoms with Crippen LogP contribution >= 0.6 is 24.0 Å². The molecule has 7 nitrogen and oxygen atoms in total. The maximum Gasteiger partial charge on any atom is 0.193 e. The first kappa shape index (κ1) is 23.9. The Balaban J connectivity index is 0.00000338. The van der Waals surface area contributed by atoms with E-state index in [4.69, 9.17) is 18.9 Å². The van der Waals surface area contributed by atoms with E-state index in [1.807, 2.05) is 7.05 Å². The van der Waals surface area contributed by atoms with Crippen LogP contribution in [-0.4, -0.2) is 90.4 Å². The van der Waals surface area contributed by atoms with Crippen LogP contribution in [0.4, 0.5) is 0 Å². The third-order valence-corrected chi connectivity index (χ3v) is 4.71. The normalized spacial score (nSPS) is 21.7. The summed E-state index contributed by atoms with van der Waals surface area (Å²) in [5, 5.41) is 3.46. The van der Waals surface area contributed by atoms with Gasteiger partial charge in [0, 0.05) is 59.5 Å². The number of guanidine groups is 1. The molecule has 2 heterocycles. The van der Waals surface area contributed by atoms with Crippen molar-refractivity contribution in [3.05, 3.63) is 0 Å². The van der Waals surface area contributed by atoms with Crippen molar-refractivity contribution < 1.29 is 18.9 Å². The molecule has 0 aromatic rings. The molecule has 0 radical (unpaired) electrons. The standard InChI is InChI=1S/C18H35N3O4.HI/c1-19-18(20-7-3-9-25-17-5-10-23-11-6-17)21-8-4-16(14-21)15-24-13-12-22-2;/h16-17H,3-15H2,1-2H3,(H,19,20);1H. The van der Waals surface area contributed by atoms with Crippen molar-refractivity contribution in [3.8, 4) is 0 Å². The van der Waals surface area contributed by atoms with Gasteiger partial charge in [-0.15, -0.1) is 24.0 Å². The molecule has 0 aromatic heterocycles. The number of rotatable bonds is 10. The van der Waals surface area contributed by atoms with Crippen LogP contribution in [0.25, 0.3) is 0 Å². The van der Waals surface area contributed by atoms with Gasteiger partial charge < -0.3 is 29.2 Å². The van der Waals surface area contributed by atoms with Gasteiger partial charge in [0.05, 0.1) is 25.9 Å². The highest BCUT2D eigenvalue weighted by Crippen LogP contribution is 2.16. The number of nitrogens with one attached hydrogen (secondary N) is 1. The quantitative estimate of drug-likeness (QED) is 0.220. The molecule has 0 bridgehead atoms. The van der Waals surface area contributed by atoms with E-state index in [0.717, 1.165) is 77.7 Å². The summed E-state index contributed by atoms with van der Waals surface area (Å²) in [6, 6.07) is 0. The van der Waals surface area contributed by atoms with Crippen LogP contribution in [0.2, 0.25) is 0 Å². The second-order valence-corrected chi connectivity index (χ2v) is 6.68. The van der Waals surface area contributed by atoms with Crippen LogP contribution in [0.1, 0.15) is 25.7 Å². The molecule has 154 valence electrons. The monoisotopic (exact) mass is 485 g/mol. The van der Waals surface area contributed by atoms with Crippen LogP contribution in [0.15, 0.2) is 4.99 Å². The highest BCUT2D eigenvalue weighted by Gasteiger charge is 2.24. The van der Waals surface area contributed by atoms with E-state index in [9.17, 15) is 0 Å². The average Bonchev–Trinajstić information content (AvgIpc) is 3.11. The average molecular weight is 485 g/mol. The molecule has 2 rings (SSSR count). The molecular weight excluding hydrogens is 449 g/mol. The number of nitrogens with zero attached hydrogens (tertiary/aromatic N) is 2. The molecule has 2 saturated heterocycles. The topological polar surface area (TPSA) is 64.6 Å². The summed E-state index contributed by atoms with van der Waals surface area (Å²) < 4.78 is 21.9. The Kier molecular flexibility index (Phi) is 13.6. The summed E-state index contributed by atoms with van der Waals surface area (Å²) in [5.74, 6) is 1.57. The number of methoxy groups -OCH3 is 1. The zero-order valence-corrected chi connectivity index (χ0v) is 18.6. The smallest absolute Gasteiger partial charge is 0.193 e. The van der Waals surface area contributed by atoms with E-state index in [0.29, 0.717) is 25.2 Å². The molecule has 2 aliphatic heterocycles. The van der Waals surface area contributed by atoms with Crippen molar-refractivity contribution in [2.24, 2.45) is 10.9 Å². The van der Waals surface area contributed by atoms with Crippen molar-refractivity contribution in [2.45, 2.75) is 31.8 Å². The van der Waals surface area contributed by atoms with E-state index in [1.165, 1.54) is 0 Å². The fourth-order valence-corrected chi connectivity index (χ4v) is 3.25. The number of halogens is 1. The number of aliphatic imine (C=N–C) groups is 1. The van der Waals surface area contributed by atoms with Gasteiger partial charge in [-0.2, -0.15) is 0 Å². The second kappa shape index (κ2) is 14.8. The lowest BCUT2D eigenvalue weighted by Gasteiger charge is -2.23. The zero-order valence-electron chi connectivity index (χ0n) is 16.3. The molecule has 0 spiro atoms. The van der Waals surface area contributed by atoms with Crippen molar-refractivity contribution in [2.75, 3.05) is 73.4 Å². The minimum atomic E-state index is 0. The molecule has 26 heavy (non-hydrogen) atoms. The molecular formula is C18H36IN3O4. The highest BCUT2D eigenvalue weighted by atomic mass is 127. The lowest BCUT2D eigenvalue weighted by Crippen LogP contribution is -2.41. The number of ether oxygens (including phenoxy) is 4. The molecule has 1 unspecified atom stereocenters. The van der Waals surface area contributed by atoms with Crippen LogP contribution in [0.5, 0.6) is 0 Å². The first-order valence-corrected chi connectivity index (χ1v) is 9.55. The highest BCUT2D eigenvalue weighted by molar-refractivity contribution is 14.0. The Morgan fingerprint density at radius 1 is 1.19 bits per heavy atom. The largest absolute Gasteiger partial charge is 0.382 e. The SMILES string of the molecule is CN=C(NCCCOC1CCOCC1)N1CCC(COCCOC)C1.I. The summed E-state index contributed by atoms with van der Waals surface area (Å²) in [6.45, 7) is 7.54. The van der Waals surface area contributed by atoms with Crippen molar-refractivity contribution in [1.82, 2.24) is 10.2 Å². The molecule has 0 aromatic carbocycles. The molecule has 0 saturated carbocycles. The van der Waals surface area contributed by atoms with E-state index >= 15 is 0 Å². The molecule has 2 aliphatic rings. The van der Waals surface area contributed by atoms with Gasteiger partial charge in [-0.05, 0) is 25.7 Å². The van der Waals surface area contributed by atoms with Crippen LogP contribution < -0.4 is 5.32 Å². The predicted molar refractivity (Wildman–Crippen MR) is 114 cm³/mol. The van der Waals surface area contributed by atoms with Gasteiger partial charge >= 0.3 is 0 Å². The van der Waals surface area contributed by atoms with Gasteiger partial charge in [-0.1, -0.05) is 0 Å². The lowest BCUT2D eigenvalue weighted by atomic mass is 10.1. The molecule has 8 heteroatoms. The summed E-state index contributed by atoms with van der Waals surface area (Å²) in [5.41, 5.74) is 0. The molecule has 0 amide bonds. The zero-order chi connectivity index (χ0) is 17.7. The minimum absolute atomic E-state index is 0. The third kappa shape index (κ3) is 9.16. The summed E-state index contributed by atoms with van der Waals surface area (Å²) >= 11 is 0. The van der Waals surface area contributed by atoms with Crippen LogP contribution in [-0.2, 0) is 18.9 Å². The van der Waals surface area contributed by atoms with E-state index in [1.54, 1.807) is 7.11 Å². The second-order valence-electron chi connectivity index (χ2n) is 6.68. The van der Waals surface area contributed by atoms with Gasteiger partial charge in [0.1, 0.15) is 0 Å². The van der Waals surface area contributed by atoms with Gasteiger partial charge in [0.25, 0.3) is 0 Å². The Labute approximate surface area is 175 Å². The summed E-state index contributed by atoms with van der Waals surface area (Å²) in [6.07, 6.45) is 4.58. The number of likely N-dealkylation sites (tertiary alicyclic amines) is 1. The molecule has 0 aliphatic carbocycles. The Bertz CT molecular complexity index is 381. The first-order valence-electron chi connectivity index (χ1n) is 9.55. The first-order chi connectivity index (χ1) is 12.3. The predicted octanol–water partition coefficient (Wildman–Crippen LogP) is 1.75. The Morgan fingerprint density at radius 3 is 2.73 bits per heavy atom. The molecule has 1 N–H and O–H groups in total. The Morgan fingerprint density at radius 2 is 2.00 bits per heavy atom. The maximum absolute atomic E-state index is 5.90. The van der Waals surface area contributed by atoms with Crippen molar-refractivity contribution in [3.63, 3.8) is 0 Å². The van der Waals surface area contributed by atoms with E-state index in [-0.39, 0.29) is 24.0 Å².